The second-order valence-electron chi connectivity index (χ2n) is 11.5. The first-order chi connectivity index (χ1) is 14.8. The van der Waals surface area contributed by atoms with Crippen molar-refractivity contribution in [1.29, 1.82) is 0 Å². The van der Waals surface area contributed by atoms with E-state index in [1.807, 2.05) is 5.57 Å². The van der Waals surface area contributed by atoms with Crippen LogP contribution in [-0.2, 0) is 0 Å². The monoisotopic (exact) mass is 410 g/mol. The van der Waals surface area contributed by atoms with E-state index in [1.54, 1.807) is 0 Å². The summed E-state index contributed by atoms with van der Waals surface area (Å²) in [7, 11) is 0. The second-order valence-corrected chi connectivity index (χ2v) is 11.5. The normalized spacial score (nSPS) is 44.2. The molecule has 0 aromatic rings. The average molecular weight is 411 g/mol. The number of allylic oxidation sites excluding steroid dienone is 3. The Morgan fingerprint density at radius 1 is 0.800 bits per heavy atom. The Labute approximate surface area is 186 Å². The molecule has 4 fully saturated rings. The van der Waals surface area contributed by atoms with Crippen LogP contribution in [0.1, 0.15) is 96.3 Å². The largest absolute Gasteiger partial charge is 0.302 e. The molecule has 0 radical (unpaired) electrons. The van der Waals surface area contributed by atoms with Crippen LogP contribution in [-0.4, -0.2) is 48.6 Å². The molecule has 5 atom stereocenters. The van der Waals surface area contributed by atoms with Gasteiger partial charge in [0.2, 0.25) is 0 Å². The summed E-state index contributed by atoms with van der Waals surface area (Å²) in [5, 5.41) is 0. The van der Waals surface area contributed by atoms with Crippen molar-refractivity contribution in [2.45, 2.75) is 102 Å². The summed E-state index contributed by atoms with van der Waals surface area (Å²) in [6.07, 6.45) is 28.9. The summed E-state index contributed by atoms with van der Waals surface area (Å²) in [6.45, 7) is 6.93. The smallest absolute Gasteiger partial charge is 0.0310 e. The molecule has 168 valence electrons. The van der Waals surface area contributed by atoms with Gasteiger partial charge in [-0.1, -0.05) is 68.7 Å². The van der Waals surface area contributed by atoms with E-state index in [-0.39, 0.29) is 0 Å². The first-order valence-corrected chi connectivity index (χ1v) is 13.6. The Morgan fingerprint density at radius 3 is 2.50 bits per heavy atom. The first kappa shape index (κ1) is 21.3. The lowest BCUT2D eigenvalue weighted by Gasteiger charge is -2.62. The van der Waals surface area contributed by atoms with Gasteiger partial charge in [-0.15, -0.1) is 0 Å². The van der Waals surface area contributed by atoms with Crippen LogP contribution < -0.4 is 0 Å². The Bertz CT molecular complexity index is 622. The molecule has 0 N–H and O–H groups in total. The predicted molar refractivity (Wildman–Crippen MR) is 128 cm³/mol. The van der Waals surface area contributed by atoms with E-state index in [9.17, 15) is 0 Å². The van der Waals surface area contributed by atoms with E-state index in [4.69, 9.17) is 0 Å². The maximum atomic E-state index is 2.99. The topological polar surface area (TPSA) is 6.48 Å². The maximum absolute atomic E-state index is 2.99. The average Bonchev–Trinajstić information content (AvgIpc) is 2.78. The standard InChI is InChI=1S/C28H46N2/c1-2-5-9-13-17-29-21-25-19-24-15-11-7-3-6-10-14-18-30-23-28(22-29,16-12-8-4-1)26(25)20-27(24)30/h3,7,15,25-27H,1-2,4-6,8-14,16-23H2/b7-3-,24-15-/t25-,26-,27+,28?/m1/s1. The summed E-state index contributed by atoms with van der Waals surface area (Å²) in [5.74, 6) is 1.93. The Balaban J connectivity index is 1.42. The minimum atomic E-state index is 0.595. The Kier molecular flexibility index (Phi) is 7.02. The van der Waals surface area contributed by atoms with Crippen LogP contribution in [0.4, 0.5) is 0 Å². The van der Waals surface area contributed by atoms with Gasteiger partial charge in [0.05, 0.1) is 0 Å². The molecule has 2 heteroatoms. The van der Waals surface area contributed by atoms with Gasteiger partial charge in [-0.05, 0) is 81.7 Å². The highest BCUT2D eigenvalue weighted by atomic mass is 15.2. The zero-order chi connectivity index (χ0) is 20.2. The molecule has 1 saturated carbocycles. The molecule has 2 unspecified atom stereocenters. The summed E-state index contributed by atoms with van der Waals surface area (Å²) in [6, 6.07) is 0.777. The maximum Gasteiger partial charge on any atom is 0.0310 e. The molecule has 4 bridgehead atoms. The van der Waals surface area contributed by atoms with Crippen LogP contribution >= 0.6 is 0 Å². The molecule has 30 heavy (non-hydrogen) atoms. The van der Waals surface area contributed by atoms with Gasteiger partial charge in [0, 0.05) is 25.7 Å². The fraction of sp³-hybridized carbons (Fsp3) is 0.857. The number of rotatable bonds is 0. The van der Waals surface area contributed by atoms with Crippen LogP contribution in [0.15, 0.2) is 23.8 Å². The third-order valence-corrected chi connectivity index (χ3v) is 9.40. The minimum absolute atomic E-state index is 0.595. The zero-order valence-corrected chi connectivity index (χ0v) is 19.5. The van der Waals surface area contributed by atoms with Gasteiger partial charge in [0.15, 0.2) is 0 Å². The lowest BCUT2D eigenvalue weighted by molar-refractivity contribution is -0.109. The first-order valence-electron chi connectivity index (χ1n) is 13.6. The molecular formula is C28H46N2. The van der Waals surface area contributed by atoms with Gasteiger partial charge in [-0.25, -0.2) is 0 Å². The van der Waals surface area contributed by atoms with Crippen LogP contribution in [0.25, 0.3) is 0 Å². The van der Waals surface area contributed by atoms with Gasteiger partial charge in [0.25, 0.3) is 0 Å². The number of hydrogen-bond acceptors (Lipinski definition) is 2. The van der Waals surface area contributed by atoms with Crippen molar-refractivity contribution in [2.24, 2.45) is 17.3 Å². The highest BCUT2D eigenvalue weighted by Crippen LogP contribution is 2.55. The summed E-state index contributed by atoms with van der Waals surface area (Å²) >= 11 is 0. The molecule has 1 spiro atoms. The summed E-state index contributed by atoms with van der Waals surface area (Å²) in [5.41, 5.74) is 2.41. The minimum Gasteiger partial charge on any atom is -0.302 e. The number of fused-ring (bicyclic) bond motifs is 1. The molecular weight excluding hydrogens is 364 g/mol. The van der Waals surface area contributed by atoms with Crippen molar-refractivity contribution in [1.82, 2.24) is 9.80 Å². The quantitative estimate of drug-likeness (QED) is 0.416. The third kappa shape index (κ3) is 4.60. The van der Waals surface area contributed by atoms with Crippen molar-refractivity contribution in [3.05, 3.63) is 23.8 Å². The molecule has 4 aliphatic heterocycles. The van der Waals surface area contributed by atoms with Crippen LogP contribution in [0.3, 0.4) is 0 Å². The van der Waals surface area contributed by atoms with E-state index < -0.39 is 0 Å². The second kappa shape index (κ2) is 9.90. The lowest BCUT2D eigenvalue weighted by Crippen LogP contribution is -2.66. The van der Waals surface area contributed by atoms with Gasteiger partial charge < -0.3 is 4.90 Å². The highest BCUT2D eigenvalue weighted by Gasteiger charge is 2.55. The molecule has 2 nitrogen and oxygen atoms in total. The number of hydrogen-bond donors (Lipinski definition) is 0. The number of nitrogens with zero attached hydrogens (tertiary/aromatic N) is 2. The number of piperidine rings is 2. The van der Waals surface area contributed by atoms with Crippen molar-refractivity contribution in [3.8, 4) is 0 Å². The summed E-state index contributed by atoms with van der Waals surface area (Å²) in [4.78, 5) is 5.93. The molecule has 1 aliphatic carbocycles. The SMILES string of the molecule is C1=C\CCCCN2CC34CCCCCCCCCCN(C[C@H]5C/C(=C/C/1)[C@@H]2C[C@H]53)C4. The molecule has 5 aliphatic rings. The lowest BCUT2D eigenvalue weighted by atomic mass is 9.54. The Hall–Kier alpha value is -0.600. The molecule has 0 aromatic carbocycles. The summed E-state index contributed by atoms with van der Waals surface area (Å²) < 4.78 is 0. The van der Waals surface area contributed by atoms with E-state index in [0.717, 1.165) is 17.9 Å². The van der Waals surface area contributed by atoms with Crippen molar-refractivity contribution < 1.29 is 0 Å². The van der Waals surface area contributed by atoms with Crippen molar-refractivity contribution >= 4 is 0 Å². The fourth-order valence-electron chi connectivity index (χ4n) is 7.98. The predicted octanol–water partition coefficient (Wildman–Crippen LogP) is 6.58. The zero-order valence-electron chi connectivity index (χ0n) is 19.5. The Morgan fingerprint density at radius 2 is 1.60 bits per heavy atom. The molecule has 0 amide bonds. The van der Waals surface area contributed by atoms with E-state index in [2.05, 4.69) is 28.0 Å². The third-order valence-electron chi connectivity index (χ3n) is 9.40. The fourth-order valence-corrected chi connectivity index (χ4v) is 7.98. The van der Waals surface area contributed by atoms with Crippen LogP contribution in [0.5, 0.6) is 0 Å². The van der Waals surface area contributed by atoms with Crippen molar-refractivity contribution in [2.75, 3.05) is 32.7 Å². The van der Waals surface area contributed by atoms with E-state index >= 15 is 0 Å². The highest BCUT2D eigenvalue weighted by molar-refractivity contribution is 5.23. The van der Waals surface area contributed by atoms with Gasteiger partial charge in [-0.3, -0.25) is 4.90 Å². The van der Waals surface area contributed by atoms with Crippen LogP contribution in [0, 0.1) is 17.3 Å². The molecule has 0 aromatic heterocycles. The van der Waals surface area contributed by atoms with Crippen molar-refractivity contribution in [3.63, 3.8) is 0 Å². The van der Waals surface area contributed by atoms with Gasteiger partial charge in [0.1, 0.15) is 0 Å². The van der Waals surface area contributed by atoms with Crippen LogP contribution in [0.2, 0.25) is 0 Å². The van der Waals surface area contributed by atoms with E-state index in [1.165, 1.54) is 129 Å². The molecule has 4 heterocycles. The molecule has 5 rings (SSSR count). The van der Waals surface area contributed by atoms with E-state index in [0.29, 0.717) is 5.41 Å². The van der Waals surface area contributed by atoms with Gasteiger partial charge >= 0.3 is 0 Å². The van der Waals surface area contributed by atoms with Gasteiger partial charge in [-0.2, -0.15) is 0 Å². The molecule has 3 saturated heterocycles.